The zero-order valence-electron chi connectivity index (χ0n) is 12.8. The number of hydrogen-bond acceptors (Lipinski definition) is 5. The number of carbonyl (C=O) groups excluding carboxylic acids is 1. The third-order valence-corrected chi connectivity index (χ3v) is 3.23. The maximum Gasteiger partial charge on any atom is 0.234 e. The van der Waals surface area contributed by atoms with Gasteiger partial charge in [-0.2, -0.15) is 0 Å². The van der Waals surface area contributed by atoms with E-state index in [1.165, 1.54) is 0 Å². The summed E-state index contributed by atoms with van der Waals surface area (Å²) in [7, 11) is 0. The highest BCUT2D eigenvalue weighted by molar-refractivity contribution is 5.85. The van der Waals surface area contributed by atoms with E-state index in [0.717, 1.165) is 24.5 Å². The van der Waals surface area contributed by atoms with Crippen molar-refractivity contribution in [2.75, 3.05) is 24.5 Å². The van der Waals surface area contributed by atoms with Crippen LogP contribution in [0.15, 0.2) is 18.3 Å². The minimum absolute atomic E-state index is 0. The van der Waals surface area contributed by atoms with E-state index < -0.39 is 0 Å². The summed E-state index contributed by atoms with van der Waals surface area (Å²) >= 11 is 0. The summed E-state index contributed by atoms with van der Waals surface area (Å²) in [5.74, 6) is 0.783. The molecule has 2 unspecified atom stereocenters. The normalized spacial score (nSPS) is 20.6. The molecule has 22 heavy (non-hydrogen) atoms. The number of nitrogens with zero attached hydrogens (tertiary/aromatic N) is 2. The van der Waals surface area contributed by atoms with Gasteiger partial charge in [0.15, 0.2) is 0 Å². The van der Waals surface area contributed by atoms with Crippen molar-refractivity contribution in [3.05, 3.63) is 23.9 Å². The number of amides is 1. The molecule has 1 aliphatic heterocycles. The lowest BCUT2D eigenvalue weighted by molar-refractivity contribution is -0.119. The maximum atomic E-state index is 11.1. The van der Waals surface area contributed by atoms with E-state index in [4.69, 9.17) is 10.5 Å². The summed E-state index contributed by atoms with van der Waals surface area (Å²) in [6.07, 6.45) is 2.21. The van der Waals surface area contributed by atoms with Gasteiger partial charge in [-0.25, -0.2) is 4.98 Å². The molecule has 8 heteroatoms. The van der Waals surface area contributed by atoms with Crippen LogP contribution >= 0.6 is 24.8 Å². The molecule has 0 aromatic carbocycles. The number of pyridine rings is 1. The molecule has 6 nitrogen and oxygen atoms in total. The van der Waals surface area contributed by atoms with Gasteiger partial charge < -0.3 is 20.7 Å². The molecule has 0 spiro atoms. The van der Waals surface area contributed by atoms with Crippen LogP contribution in [0.1, 0.15) is 19.4 Å². The Balaban J connectivity index is 0.00000220. The molecule has 2 heterocycles. The first-order chi connectivity index (χ1) is 9.58. The number of nitrogens with one attached hydrogen (secondary N) is 1. The van der Waals surface area contributed by atoms with E-state index >= 15 is 0 Å². The summed E-state index contributed by atoms with van der Waals surface area (Å²) in [5, 5.41) is 2.72. The number of aromatic nitrogens is 1. The van der Waals surface area contributed by atoms with Crippen molar-refractivity contribution in [3.63, 3.8) is 0 Å². The molecule has 126 valence electrons. The zero-order valence-corrected chi connectivity index (χ0v) is 14.5. The third-order valence-electron chi connectivity index (χ3n) is 3.23. The van der Waals surface area contributed by atoms with Gasteiger partial charge in [-0.15, -0.1) is 24.8 Å². The summed E-state index contributed by atoms with van der Waals surface area (Å²) in [6.45, 7) is 6.30. The molecule has 1 aliphatic rings. The van der Waals surface area contributed by atoms with Gasteiger partial charge in [0, 0.05) is 25.8 Å². The number of hydrogen-bond donors (Lipinski definition) is 2. The fraction of sp³-hybridized carbons (Fsp3) is 0.571. The Morgan fingerprint density at radius 3 is 2.50 bits per heavy atom. The van der Waals surface area contributed by atoms with Gasteiger partial charge in [0.1, 0.15) is 5.82 Å². The molecule has 1 aromatic rings. The molecule has 1 aromatic heterocycles. The van der Waals surface area contributed by atoms with E-state index in [-0.39, 0.29) is 49.5 Å². The van der Waals surface area contributed by atoms with Crippen LogP contribution < -0.4 is 16.0 Å². The summed E-state index contributed by atoms with van der Waals surface area (Å²) < 4.78 is 5.71. The number of anilines is 1. The second-order valence-electron chi connectivity index (χ2n) is 5.17. The van der Waals surface area contributed by atoms with Crippen LogP contribution in [-0.2, 0) is 16.1 Å². The van der Waals surface area contributed by atoms with E-state index in [0.29, 0.717) is 6.54 Å². The van der Waals surface area contributed by atoms with Crippen molar-refractivity contribution in [2.45, 2.75) is 32.6 Å². The molecule has 1 fully saturated rings. The van der Waals surface area contributed by atoms with Crippen LogP contribution in [0.2, 0.25) is 0 Å². The number of halogens is 2. The predicted octanol–water partition coefficient (Wildman–Crippen LogP) is 1.11. The van der Waals surface area contributed by atoms with Gasteiger partial charge in [0.25, 0.3) is 0 Å². The number of rotatable bonds is 4. The van der Waals surface area contributed by atoms with Gasteiger partial charge in [-0.3, -0.25) is 4.79 Å². The average Bonchev–Trinajstić information content (AvgIpc) is 2.44. The minimum atomic E-state index is -0.162. The van der Waals surface area contributed by atoms with Crippen LogP contribution in [0.3, 0.4) is 0 Å². The zero-order chi connectivity index (χ0) is 14.5. The van der Waals surface area contributed by atoms with E-state index in [9.17, 15) is 4.79 Å². The van der Waals surface area contributed by atoms with Crippen LogP contribution in [0.4, 0.5) is 5.82 Å². The van der Waals surface area contributed by atoms with Gasteiger partial charge in [0.2, 0.25) is 5.91 Å². The lowest BCUT2D eigenvalue weighted by atomic mass is 10.2. The first-order valence-electron chi connectivity index (χ1n) is 6.90. The van der Waals surface area contributed by atoms with Gasteiger partial charge >= 0.3 is 0 Å². The molecule has 2 rings (SSSR count). The Morgan fingerprint density at radius 2 is 2.00 bits per heavy atom. The molecule has 0 aliphatic carbocycles. The first kappa shape index (κ1) is 20.9. The average molecular weight is 351 g/mol. The molecule has 1 saturated heterocycles. The Morgan fingerprint density at radius 1 is 1.36 bits per heavy atom. The van der Waals surface area contributed by atoms with Crippen LogP contribution in [-0.4, -0.2) is 42.7 Å². The first-order valence-corrected chi connectivity index (χ1v) is 6.90. The predicted molar refractivity (Wildman–Crippen MR) is 91.9 cm³/mol. The van der Waals surface area contributed by atoms with E-state index in [1.54, 1.807) is 6.20 Å². The summed E-state index contributed by atoms with van der Waals surface area (Å²) in [4.78, 5) is 17.8. The number of ether oxygens (including phenoxy) is 1. The molecule has 3 N–H and O–H groups in total. The lowest BCUT2D eigenvalue weighted by Gasteiger charge is -2.36. The third kappa shape index (κ3) is 5.96. The second kappa shape index (κ2) is 9.84. The van der Waals surface area contributed by atoms with E-state index in [1.807, 2.05) is 12.1 Å². The fourth-order valence-electron chi connectivity index (χ4n) is 2.35. The minimum Gasteiger partial charge on any atom is -0.372 e. The smallest absolute Gasteiger partial charge is 0.234 e. The van der Waals surface area contributed by atoms with Crippen molar-refractivity contribution >= 4 is 36.5 Å². The molecule has 2 atom stereocenters. The molecule has 0 radical (unpaired) electrons. The van der Waals surface area contributed by atoms with Gasteiger partial charge in [-0.05, 0) is 25.5 Å². The topological polar surface area (TPSA) is 80.5 Å². The highest BCUT2D eigenvalue weighted by Gasteiger charge is 2.22. The van der Waals surface area contributed by atoms with Crippen molar-refractivity contribution in [3.8, 4) is 0 Å². The molecule has 1 amide bonds. The van der Waals surface area contributed by atoms with Gasteiger partial charge in [0.05, 0.1) is 18.8 Å². The summed E-state index contributed by atoms with van der Waals surface area (Å²) in [6, 6.07) is 3.96. The SMILES string of the molecule is CC1CN(c2ccc(CNC(=O)CN)cn2)CC(C)O1.Cl.Cl. The largest absolute Gasteiger partial charge is 0.372 e. The molecule has 0 saturated carbocycles. The Labute approximate surface area is 143 Å². The number of carbonyl (C=O) groups is 1. The van der Waals surface area contributed by atoms with E-state index in [2.05, 4.69) is 29.0 Å². The fourth-order valence-corrected chi connectivity index (χ4v) is 2.35. The Kier molecular flexibility index (Phi) is 9.36. The monoisotopic (exact) mass is 350 g/mol. The van der Waals surface area contributed by atoms with Crippen LogP contribution in [0.5, 0.6) is 0 Å². The van der Waals surface area contributed by atoms with Crippen molar-refractivity contribution in [1.29, 1.82) is 0 Å². The van der Waals surface area contributed by atoms with Gasteiger partial charge in [-0.1, -0.05) is 6.07 Å². The van der Waals surface area contributed by atoms with Crippen molar-refractivity contribution in [2.24, 2.45) is 5.73 Å². The van der Waals surface area contributed by atoms with Crippen LogP contribution in [0, 0.1) is 0 Å². The van der Waals surface area contributed by atoms with Crippen LogP contribution in [0.25, 0.3) is 0 Å². The highest BCUT2D eigenvalue weighted by Crippen LogP contribution is 2.18. The standard InChI is InChI=1S/C14H22N4O2.2ClH/c1-10-8-18(9-11(2)20-10)13-4-3-12(6-16-13)7-17-14(19)5-15;;/h3-4,6,10-11H,5,7-9,15H2,1-2H3,(H,17,19);2*1H. The van der Waals surface area contributed by atoms with Crippen molar-refractivity contribution < 1.29 is 9.53 Å². The highest BCUT2D eigenvalue weighted by atomic mass is 35.5. The lowest BCUT2D eigenvalue weighted by Crippen LogP contribution is -2.45. The Hall–Kier alpha value is -1.08. The maximum absolute atomic E-state index is 11.1. The molecule has 0 bridgehead atoms. The molecular formula is C14H24Cl2N4O2. The Bertz CT molecular complexity index is 449. The number of nitrogens with two attached hydrogens (primary N) is 1. The quantitative estimate of drug-likeness (QED) is 0.850. The number of morpholine rings is 1. The summed E-state index contributed by atoms with van der Waals surface area (Å²) in [5.41, 5.74) is 6.20. The van der Waals surface area contributed by atoms with Crippen molar-refractivity contribution in [1.82, 2.24) is 10.3 Å². The second-order valence-corrected chi connectivity index (χ2v) is 5.17. The molecular weight excluding hydrogens is 327 g/mol.